The Morgan fingerprint density at radius 1 is 1.10 bits per heavy atom. The summed E-state index contributed by atoms with van der Waals surface area (Å²) in [5, 5.41) is 0. The number of nitrogens with two attached hydrogens (primary N) is 1. The van der Waals surface area contributed by atoms with Gasteiger partial charge in [-0.25, -0.2) is 4.39 Å². The first-order valence-corrected chi connectivity index (χ1v) is 7.19. The average molecular weight is 317 g/mol. The predicted octanol–water partition coefficient (Wildman–Crippen LogP) is 3.73. The topological polar surface area (TPSA) is 43.1 Å². The van der Waals surface area contributed by atoms with Gasteiger partial charge in [0, 0.05) is 16.1 Å². The lowest BCUT2D eigenvalue weighted by atomic mass is 10.2. The van der Waals surface area contributed by atoms with Crippen molar-refractivity contribution in [2.45, 2.75) is 16.8 Å². The molecule has 0 saturated heterocycles. The van der Waals surface area contributed by atoms with Crippen LogP contribution in [0.2, 0.25) is 0 Å². The molecule has 0 bridgehead atoms. The number of alkyl halides is 3. The van der Waals surface area contributed by atoms with Crippen LogP contribution in [-0.2, 0) is 22.7 Å². The summed E-state index contributed by atoms with van der Waals surface area (Å²) in [6, 6.07) is 8.10. The number of rotatable bonds is 3. The number of anilines is 1. The molecule has 2 aromatic carbocycles. The lowest BCUT2D eigenvalue weighted by Crippen LogP contribution is -2.06. The Morgan fingerprint density at radius 3 is 2.43 bits per heavy atom. The molecule has 0 spiro atoms. The highest BCUT2D eigenvalue weighted by Gasteiger charge is 2.30. The minimum absolute atomic E-state index is 0.000972. The van der Waals surface area contributed by atoms with Crippen molar-refractivity contribution in [1.82, 2.24) is 0 Å². The van der Waals surface area contributed by atoms with Crippen LogP contribution in [0.4, 0.5) is 23.2 Å². The zero-order chi connectivity index (χ0) is 15.6. The maximum atomic E-state index is 13.6. The first kappa shape index (κ1) is 15.5. The SMILES string of the molecule is Nc1ccc(CS(=O)c2cccc(C(F)(F)F)c2)c(F)c1. The Bertz CT molecular complexity index is 685. The summed E-state index contributed by atoms with van der Waals surface area (Å²) in [6.07, 6.45) is -4.51. The molecule has 0 heterocycles. The van der Waals surface area contributed by atoms with Gasteiger partial charge in [-0.1, -0.05) is 12.1 Å². The van der Waals surface area contributed by atoms with Crippen LogP contribution in [-0.4, -0.2) is 4.21 Å². The number of hydrogen-bond acceptors (Lipinski definition) is 2. The van der Waals surface area contributed by atoms with Gasteiger partial charge in [0.2, 0.25) is 0 Å². The van der Waals surface area contributed by atoms with Crippen molar-refractivity contribution in [3.05, 3.63) is 59.4 Å². The second-order valence-corrected chi connectivity index (χ2v) is 5.82. The van der Waals surface area contributed by atoms with Crippen LogP contribution in [0.1, 0.15) is 11.1 Å². The standard InChI is InChI=1S/C14H11F4NOS/c15-13-7-11(19)5-4-9(13)8-21(20)12-3-1-2-10(6-12)14(16,17)18/h1-7H,8,19H2. The first-order chi connectivity index (χ1) is 9.77. The Morgan fingerprint density at radius 2 is 1.81 bits per heavy atom. The van der Waals surface area contributed by atoms with Crippen LogP contribution in [0.25, 0.3) is 0 Å². The van der Waals surface area contributed by atoms with E-state index in [1.807, 2.05) is 0 Å². The number of halogens is 4. The van der Waals surface area contributed by atoms with Crippen molar-refractivity contribution in [3.63, 3.8) is 0 Å². The van der Waals surface area contributed by atoms with Gasteiger partial charge in [-0.15, -0.1) is 0 Å². The fraction of sp³-hybridized carbons (Fsp3) is 0.143. The van der Waals surface area contributed by atoms with E-state index >= 15 is 0 Å². The van der Waals surface area contributed by atoms with E-state index in [4.69, 9.17) is 5.73 Å². The van der Waals surface area contributed by atoms with Gasteiger partial charge in [-0.3, -0.25) is 4.21 Å². The minimum Gasteiger partial charge on any atom is -0.399 e. The van der Waals surface area contributed by atoms with Crippen LogP contribution in [0, 0.1) is 5.82 Å². The molecule has 0 aliphatic rings. The van der Waals surface area contributed by atoms with Crippen LogP contribution in [0.5, 0.6) is 0 Å². The molecular formula is C14H11F4NOS. The molecule has 0 radical (unpaired) electrons. The molecule has 0 fully saturated rings. The largest absolute Gasteiger partial charge is 0.416 e. The molecule has 21 heavy (non-hydrogen) atoms. The summed E-state index contributed by atoms with van der Waals surface area (Å²) in [6.45, 7) is 0. The maximum absolute atomic E-state index is 13.6. The molecule has 7 heteroatoms. The van der Waals surface area contributed by atoms with Crippen molar-refractivity contribution in [2.24, 2.45) is 0 Å². The van der Waals surface area contributed by atoms with Gasteiger partial charge < -0.3 is 5.73 Å². The van der Waals surface area contributed by atoms with Gasteiger partial charge in [0.1, 0.15) is 5.82 Å². The summed E-state index contributed by atoms with van der Waals surface area (Å²) >= 11 is 0. The molecule has 2 N–H and O–H groups in total. The van der Waals surface area contributed by atoms with E-state index in [0.717, 1.165) is 18.2 Å². The molecule has 1 atom stereocenters. The maximum Gasteiger partial charge on any atom is 0.416 e. The van der Waals surface area contributed by atoms with Crippen LogP contribution in [0.15, 0.2) is 47.4 Å². The van der Waals surface area contributed by atoms with Gasteiger partial charge in [0.05, 0.1) is 22.1 Å². The number of hydrogen-bond donors (Lipinski definition) is 1. The van der Waals surface area contributed by atoms with E-state index in [0.29, 0.717) is 0 Å². The normalized spacial score (nSPS) is 13.1. The molecule has 0 aromatic heterocycles. The van der Waals surface area contributed by atoms with Crippen LogP contribution in [0.3, 0.4) is 0 Å². The highest BCUT2D eigenvalue weighted by Crippen LogP contribution is 2.30. The van der Waals surface area contributed by atoms with E-state index < -0.39 is 28.4 Å². The van der Waals surface area contributed by atoms with E-state index in [-0.39, 0.29) is 21.9 Å². The summed E-state index contributed by atoms with van der Waals surface area (Å²) in [5.74, 6) is -0.844. The highest BCUT2D eigenvalue weighted by molar-refractivity contribution is 7.84. The van der Waals surface area contributed by atoms with Gasteiger partial charge in [-0.2, -0.15) is 13.2 Å². The summed E-state index contributed by atoms with van der Waals surface area (Å²) in [4.78, 5) is 0.000972. The van der Waals surface area contributed by atoms with Crippen molar-refractivity contribution < 1.29 is 21.8 Å². The quantitative estimate of drug-likeness (QED) is 0.692. The molecule has 1 unspecified atom stereocenters. The van der Waals surface area contributed by atoms with Crippen molar-refractivity contribution in [3.8, 4) is 0 Å². The Kier molecular flexibility index (Phi) is 4.32. The first-order valence-electron chi connectivity index (χ1n) is 5.87. The predicted molar refractivity (Wildman–Crippen MR) is 72.4 cm³/mol. The molecule has 2 nitrogen and oxygen atoms in total. The zero-order valence-corrected chi connectivity index (χ0v) is 11.5. The van der Waals surface area contributed by atoms with Crippen molar-refractivity contribution in [2.75, 3.05) is 5.73 Å². The minimum atomic E-state index is -4.51. The third-order valence-electron chi connectivity index (χ3n) is 2.79. The summed E-state index contributed by atoms with van der Waals surface area (Å²) in [5.41, 5.74) is 4.88. The van der Waals surface area contributed by atoms with Crippen LogP contribution >= 0.6 is 0 Å². The summed E-state index contributed by atoms with van der Waals surface area (Å²) < 4.78 is 63.5. The molecule has 0 aliphatic carbocycles. The third kappa shape index (κ3) is 3.81. The fourth-order valence-electron chi connectivity index (χ4n) is 1.72. The van der Waals surface area contributed by atoms with E-state index in [1.54, 1.807) is 0 Å². The molecule has 0 aliphatic heterocycles. The Balaban J connectivity index is 2.25. The highest BCUT2D eigenvalue weighted by atomic mass is 32.2. The van der Waals surface area contributed by atoms with Crippen molar-refractivity contribution >= 4 is 16.5 Å². The van der Waals surface area contributed by atoms with E-state index in [2.05, 4.69) is 0 Å². The average Bonchev–Trinajstić information content (AvgIpc) is 2.41. The van der Waals surface area contributed by atoms with Crippen molar-refractivity contribution in [1.29, 1.82) is 0 Å². The molecular weight excluding hydrogens is 306 g/mol. The van der Waals surface area contributed by atoms with Gasteiger partial charge in [0.25, 0.3) is 0 Å². The van der Waals surface area contributed by atoms with Gasteiger partial charge in [0.15, 0.2) is 0 Å². The summed E-state index contributed by atoms with van der Waals surface area (Å²) in [7, 11) is -1.78. The second-order valence-electron chi connectivity index (χ2n) is 4.37. The second kappa shape index (κ2) is 5.85. The molecule has 2 rings (SSSR count). The number of benzene rings is 2. The Labute approximate surface area is 121 Å². The molecule has 0 amide bonds. The van der Waals surface area contributed by atoms with Gasteiger partial charge >= 0.3 is 6.18 Å². The monoisotopic (exact) mass is 317 g/mol. The third-order valence-corrected chi connectivity index (χ3v) is 4.14. The van der Waals surface area contributed by atoms with Gasteiger partial charge in [-0.05, 0) is 30.3 Å². The molecule has 112 valence electrons. The lowest BCUT2D eigenvalue weighted by molar-refractivity contribution is -0.137. The fourth-order valence-corrected chi connectivity index (χ4v) is 2.89. The molecule has 2 aromatic rings. The Hall–Kier alpha value is -1.89. The van der Waals surface area contributed by atoms with E-state index in [9.17, 15) is 21.8 Å². The van der Waals surface area contributed by atoms with E-state index in [1.165, 1.54) is 24.3 Å². The lowest BCUT2D eigenvalue weighted by Gasteiger charge is -2.09. The number of nitrogen functional groups attached to an aromatic ring is 1. The van der Waals surface area contributed by atoms with Crippen LogP contribution < -0.4 is 5.73 Å². The smallest absolute Gasteiger partial charge is 0.399 e. The zero-order valence-electron chi connectivity index (χ0n) is 10.7. The molecule has 0 saturated carbocycles.